The summed E-state index contributed by atoms with van der Waals surface area (Å²) in [4.78, 5) is 49.3. The van der Waals surface area contributed by atoms with Crippen LogP contribution in [0.15, 0.2) is 21.9 Å². The normalized spacial score (nSPS) is 25.0. The van der Waals surface area contributed by atoms with Crippen molar-refractivity contribution >= 4 is 11.9 Å². The molecule has 0 radical (unpaired) electrons. The fourth-order valence-electron chi connectivity index (χ4n) is 3.07. The standard InChI is InChI=1S/C18H27N3O8/c1-4-28-17(26)13(9(2)3)19-11(22)6-5-10-14(24)15(25)16(29-10)21-8-7-12(23)20-18(21)27/h7-10,13-16,24-25H,4-6H2,1-3H3,(H,19,22)(H,20,23,27)/t10-,13+,14-,15-,16-/m1/s1. The second-order valence-corrected chi connectivity index (χ2v) is 7.14. The van der Waals surface area contributed by atoms with Crippen molar-refractivity contribution in [3.8, 4) is 0 Å². The summed E-state index contributed by atoms with van der Waals surface area (Å²) in [6, 6.07) is 0.293. The molecule has 0 unspecified atom stereocenters. The first kappa shape index (κ1) is 22.8. The SMILES string of the molecule is CCOC(=O)[C@@H](NC(=O)CC[C@H]1O[C@@H](n2ccc(=O)[nH]c2=O)[C@H](O)[C@@H]1O)C(C)C. The van der Waals surface area contributed by atoms with E-state index in [-0.39, 0.29) is 25.4 Å². The quantitative estimate of drug-likeness (QED) is 0.380. The smallest absolute Gasteiger partial charge is 0.330 e. The van der Waals surface area contributed by atoms with Crippen LogP contribution in [0, 0.1) is 5.92 Å². The summed E-state index contributed by atoms with van der Waals surface area (Å²) in [5.74, 6) is -1.14. The fraction of sp³-hybridized carbons (Fsp3) is 0.667. The molecule has 162 valence electrons. The lowest BCUT2D eigenvalue weighted by Crippen LogP contribution is -2.45. The summed E-state index contributed by atoms with van der Waals surface area (Å²) >= 11 is 0. The molecule has 1 aliphatic heterocycles. The van der Waals surface area contributed by atoms with Gasteiger partial charge in [0.05, 0.1) is 12.7 Å². The number of carbonyl (C=O) groups excluding carboxylic acids is 2. The van der Waals surface area contributed by atoms with Crippen molar-refractivity contribution in [3.05, 3.63) is 33.1 Å². The molecule has 29 heavy (non-hydrogen) atoms. The molecule has 0 aliphatic carbocycles. The van der Waals surface area contributed by atoms with E-state index in [1.807, 2.05) is 4.98 Å². The number of carbonyl (C=O) groups is 2. The second kappa shape index (κ2) is 9.81. The van der Waals surface area contributed by atoms with Gasteiger partial charge in [0.25, 0.3) is 5.56 Å². The minimum absolute atomic E-state index is 0.0479. The second-order valence-electron chi connectivity index (χ2n) is 7.14. The van der Waals surface area contributed by atoms with Crippen LogP contribution in [0.4, 0.5) is 0 Å². The Morgan fingerprint density at radius 1 is 1.31 bits per heavy atom. The Labute approximate surface area is 166 Å². The molecule has 1 aromatic rings. The highest BCUT2D eigenvalue weighted by molar-refractivity contribution is 5.84. The van der Waals surface area contributed by atoms with Crippen molar-refractivity contribution in [1.29, 1.82) is 0 Å². The third-order valence-corrected chi connectivity index (χ3v) is 4.64. The number of ether oxygens (including phenoxy) is 2. The number of hydrogen-bond acceptors (Lipinski definition) is 8. The van der Waals surface area contributed by atoms with E-state index in [1.54, 1.807) is 20.8 Å². The third kappa shape index (κ3) is 5.52. The van der Waals surface area contributed by atoms with Gasteiger partial charge in [-0.15, -0.1) is 0 Å². The van der Waals surface area contributed by atoms with Gasteiger partial charge in [-0.1, -0.05) is 13.8 Å². The number of aliphatic hydroxyl groups excluding tert-OH is 2. The van der Waals surface area contributed by atoms with Crippen LogP contribution in [-0.4, -0.2) is 62.6 Å². The van der Waals surface area contributed by atoms with Gasteiger partial charge in [0.1, 0.15) is 18.2 Å². The molecule has 1 aliphatic rings. The number of hydrogen-bond donors (Lipinski definition) is 4. The van der Waals surface area contributed by atoms with Crippen molar-refractivity contribution in [3.63, 3.8) is 0 Å². The molecule has 0 aromatic carbocycles. The third-order valence-electron chi connectivity index (χ3n) is 4.64. The topological polar surface area (TPSA) is 160 Å². The molecule has 2 rings (SSSR count). The van der Waals surface area contributed by atoms with Crippen LogP contribution in [0.3, 0.4) is 0 Å². The number of amides is 1. The maximum Gasteiger partial charge on any atom is 0.330 e. The summed E-state index contributed by atoms with van der Waals surface area (Å²) in [6.45, 7) is 5.41. The Bertz CT molecular complexity index is 833. The van der Waals surface area contributed by atoms with Gasteiger partial charge in [-0.3, -0.25) is 19.1 Å². The van der Waals surface area contributed by atoms with Crippen LogP contribution < -0.4 is 16.6 Å². The zero-order valence-corrected chi connectivity index (χ0v) is 16.5. The van der Waals surface area contributed by atoms with E-state index >= 15 is 0 Å². The highest BCUT2D eigenvalue weighted by Crippen LogP contribution is 2.30. The summed E-state index contributed by atoms with van der Waals surface area (Å²) < 4.78 is 11.5. The number of aliphatic hydroxyl groups is 2. The summed E-state index contributed by atoms with van der Waals surface area (Å²) in [5.41, 5.74) is -1.39. The Balaban J connectivity index is 1.98. The molecule has 1 saturated heterocycles. The highest BCUT2D eigenvalue weighted by Gasteiger charge is 2.44. The van der Waals surface area contributed by atoms with E-state index in [2.05, 4.69) is 5.32 Å². The van der Waals surface area contributed by atoms with E-state index in [0.717, 1.165) is 16.8 Å². The van der Waals surface area contributed by atoms with Crippen molar-refractivity contribution in [2.75, 3.05) is 6.61 Å². The largest absolute Gasteiger partial charge is 0.464 e. The Hall–Kier alpha value is -2.50. The number of nitrogens with zero attached hydrogens (tertiary/aromatic N) is 1. The first-order chi connectivity index (χ1) is 13.6. The number of esters is 1. The summed E-state index contributed by atoms with van der Waals surface area (Å²) in [6.07, 6.45) is -3.75. The molecule has 1 fully saturated rings. The highest BCUT2D eigenvalue weighted by atomic mass is 16.6. The molecule has 0 saturated carbocycles. The fourth-order valence-corrected chi connectivity index (χ4v) is 3.07. The van der Waals surface area contributed by atoms with E-state index < -0.39 is 53.7 Å². The van der Waals surface area contributed by atoms with Crippen LogP contribution in [0.1, 0.15) is 39.8 Å². The molecule has 5 atom stereocenters. The van der Waals surface area contributed by atoms with Crippen molar-refractivity contribution in [2.24, 2.45) is 5.92 Å². The molecule has 1 aromatic heterocycles. The monoisotopic (exact) mass is 413 g/mol. The average Bonchev–Trinajstić information content (AvgIpc) is 2.92. The molecule has 11 heteroatoms. The number of nitrogens with one attached hydrogen (secondary N) is 2. The molecular formula is C18H27N3O8. The van der Waals surface area contributed by atoms with Crippen LogP contribution >= 0.6 is 0 Å². The van der Waals surface area contributed by atoms with Crippen LogP contribution in [0.25, 0.3) is 0 Å². The Morgan fingerprint density at radius 2 is 2.00 bits per heavy atom. The lowest BCUT2D eigenvalue weighted by atomic mass is 10.0. The first-order valence-corrected chi connectivity index (χ1v) is 9.44. The summed E-state index contributed by atoms with van der Waals surface area (Å²) in [5, 5.41) is 23.0. The van der Waals surface area contributed by atoms with Crippen molar-refractivity contribution in [2.45, 2.75) is 64.2 Å². The molecule has 4 N–H and O–H groups in total. The maximum atomic E-state index is 12.2. The minimum Gasteiger partial charge on any atom is -0.464 e. The predicted molar refractivity (Wildman–Crippen MR) is 99.9 cm³/mol. The van der Waals surface area contributed by atoms with Gasteiger partial charge in [0.15, 0.2) is 6.23 Å². The van der Waals surface area contributed by atoms with E-state index in [9.17, 15) is 29.4 Å². The zero-order chi connectivity index (χ0) is 21.7. The van der Waals surface area contributed by atoms with Crippen molar-refractivity contribution in [1.82, 2.24) is 14.9 Å². The lowest BCUT2D eigenvalue weighted by Gasteiger charge is -2.21. The van der Waals surface area contributed by atoms with Gasteiger partial charge < -0.3 is 25.0 Å². The molecule has 0 spiro atoms. The van der Waals surface area contributed by atoms with Gasteiger partial charge in [0, 0.05) is 18.7 Å². The van der Waals surface area contributed by atoms with Gasteiger partial charge >= 0.3 is 11.7 Å². The van der Waals surface area contributed by atoms with Gasteiger partial charge in [-0.25, -0.2) is 9.59 Å². The maximum absolute atomic E-state index is 12.2. The number of rotatable bonds is 8. The first-order valence-electron chi connectivity index (χ1n) is 9.44. The number of H-pyrrole nitrogens is 1. The summed E-state index contributed by atoms with van der Waals surface area (Å²) in [7, 11) is 0. The van der Waals surface area contributed by atoms with Gasteiger partial charge in [-0.2, -0.15) is 0 Å². The van der Waals surface area contributed by atoms with Crippen LogP contribution in [0.2, 0.25) is 0 Å². The van der Waals surface area contributed by atoms with Crippen LogP contribution in [-0.2, 0) is 19.1 Å². The molecule has 2 heterocycles. The zero-order valence-electron chi connectivity index (χ0n) is 16.5. The molecule has 11 nitrogen and oxygen atoms in total. The molecule has 0 bridgehead atoms. The van der Waals surface area contributed by atoms with Gasteiger partial charge in [-0.05, 0) is 19.3 Å². The van der Waals surface area contributed by atoms with Crippen LogP contribution in [0.5, 0.6) is 0 Å². The van der Waals surface area contributed by atoms with Crippen molar-refractivity contribution < 1.29 is 29.3 Å². The Kier molecular flexibility index (Phi) is 7.71. The van der Waals surface area contributed by atoms with E-state index in [0.29, 0.717) is 0 Å². The van der Waals surface area contributed by atoms with E-state index in [1.165, 1.54) is 0 Å². The van der Waals surface area contributed by atoms with E-state index in [4.69, 9.17) is 9.47 Å². The number of aromatic amines is 1. The lowest BCUT2D eigenvalue weighted by molar-refractivity contribution is -0.148. The molecule has 1 amide bonds. The molecular weight excluding hydrogens is 386 g/mol. The predicted octanol–water partition coefficient (Wildman–Crippen LogP) is -1.36. The number of aromatic nitrogens is 2. The minimum atomic E-state index is -1.42. The Morgan fingerprint density at radius 3 is 2.59 bits per heavy atom. The average molecular weight is 413 g/mol. The van der Waals surface area contributed by atoms with Gasteiger partial charge in [0.2, 0.25) is 5.91 Å².